The second kappa shape index (κ2) is 8.67. The summed E-state index contributed by atoms with van der Waals surface area (Å²) in [4.78, 5) is 49.9. The summed E-state index contributed by atoms with van der Waals surface area (Å²) in [7, 11) is 0. The van der Waals surface area contributed by atoms with E-state index in [1.807, 2.05) is 0 Å². The number of carbonyl (C=O) groups excluding carboxylic acids is 4. The summed E-state index contributed by atoms with van der Waals surface area (Å²) in [6.45, 7) is 1.18. The minimum absolute atomic E-state index is 0.101. The molecule has 1 aromatic rings. The molecular formula is C20H22F2N2O5. The van der Waals surface area contributed by atoms with Crippen molar-refractivity contribution in [1.82, 2.24) is 4.90 Å². The van der Waals surface area contributed by atoms with Gasteiger partial charge in [-0.05, 0) is 31.9 Å². The zero-order chi connectivity index (χ0) is 21.1. The highest BCUT2D eigenvalue weighted by molar-refractivity contribution is 6.05. The summed E-state index contributed by atoms with van der Waals surface area (Å²) in [5, 5.41) is 2.15. The molecule has 2 fully saturated rings. The van der Waals surface area contributed by atoms with Crippen LogP contribution < -0.4 is 5.32 Å². The van der Waals surface area contributed by atoms with Crippen LogP contribution in [0.4, 0.5) is 14.5 Å². The number of carbonyl (C=O) groups is 4. The van der Waals surface area contributed by atoms with Crippen molar-refractivity contribution in [2.24, 2.45) is 11.8 Å². The van der Waals surface area contributed by atoms with E-state index in [4.69, 9.17) is 4.74 Å². The van der Waals surface area contributed by atoms with E-state index in [-0.39, 0.29) is 42.3 Å². The van der Waals surface area contributed by atoms with Gasteiger partial charge in [-0.1, -0.05) is 12.8 Å². The van der Waals surface area contributed by atoms with Gasteiger partial charge in [0.15, 0.2) is 6.10 Å². The Morgan fingerprint density at radius 2 is 1.79 bits per heavy atom. The van der Waals surface area contributed by atoms with Crippen molar-refractivity contribution >= 4 is 29.4 Å². The number of nitrogens with one attached hydrogen (secondary N) is 1. The van der Waals surface area contributed by atoms with Crippen molar-refractivity contribution in [3.05, 3.63) is 29.8 Å². The lowest BCUT2D eigenvalue weighted by Crippen LogP contribution is -2.35. The molecule has 2 aliphatic rings. The predicted molar refractivity (Wildman–Crippen MR) is 97.3 cm³/mol. The van der Waals surface area contributed by atoms with Gasteiger partial charge in [-0.2, -0.15) is 0 Å². The molecule has 0 radical (unpaired) electrons. The molecule has 3 amide bonds. The molecule has 1 saturated heterocycles. The van der Waals surface area contributed by atoms with Crippen LogP contribution in [0.25, 0.3) is 0 Å². The third-order valence-electron chi connectivity index (χ3n) is 5.34. The number of imide groups is 1. The minimum atomic E-state index is -1.27. The van der Waals surface area contributed by atoms with Gasteiger partial charge in [-0.25, -0.2) is 8.78 Å². The van der Waals surface area contributed by atoms with Crippen LogP contribution in [0.1, 0.15) is 39.0 Å². The molecule has 9 heteroatoms. The highest BCUT2D eigenvalue weighted by Gasteiger charge is 2.47. The van der Waals surface area contributed by atoms with Crippen molar-refractivity contribution < 1.29 is 32.7 Å². The van der Waals surface area contributed by atoms with Crippen LogP contribution in [0.3, 0.4) is 0 Å². The molecular weight excluding hydrogens is 386 g/mol. The maximum atomic E-state index is 13.6. The zero-order valence-electron chi connectivity index (χ0n) is 16.0. The second-order valence-electron chi connectivity index (χ2n) is 7.32. The first-order valence-corrected chi connectivity index (χ1v) is 9.58. The number of hydrogen-bond donors (Lipinski definition) is 1. The summed E-state index contributed by atoms with van der Waals surface area (Å²) in [5.41, 5.74) is -0.367. The van der Waals surface area contributed by atoms with Gasteiger partial charge in [0, 0.05) is 12.6 Å². The van der Waals surface area contributed by atoms with E-state index in [9.17, 15) is 28.0 Å². The van der Waals surface area contributed by atoms with Crippen LogP contribution >= 0.6 is 0 Å². The van der Waals surface area contributed by atoms with Crippen LogP contribution in [-0.4, -0.2) is 41.2 Å². The lowest BCUT2D eigenvalue weighted by molar-refractivity contribution is -0.154. The largest absolute Gasteiger partial charge is 0.452 e. The summed E-state index contributed by atoms with van der Waals surface area (Å²) >= 11 is 0. The number of ether oxygens (including phenoxy) is 1. The molecule has 3 atom stereocenters. The number of benzene rings is 1. The summed E-state index contributed by atoms with van der Waals surface area (Å²) < 4.78 is 31.7. The third kappa shape index (κ3) is 4.60. The Morgan fingerprint density at radius 3 is 2.41 bits per heavy atom. The fraction of sp³-hybridized carbons (Fsp3) is 0.500. The molecule has 1 heterocycles. The molecule has 1 aromatic carbocycles. The Kier molecular flexibility index (Phi) is 6.24. The first-order chi connectivity index (χ1) is 13.8. The predicted octanol–water partition coefficient (Wildman–Crippen LogP) is 2.40. The number of likely N-dealkylation sites (tertiary alicyclic amines) is 1. The Hall–Kier alpha value is -2.84. The SMILES string of the molecule is C[C@H](OC(=O)CCN1C(=O)[C@H]2CCCC[C@@H]2C1=O)C(=O)Nc1cc(F)ccc1F. The minimum Gasteiger partial charge on any atom is -0.452 e. The van der Waals surface area contributed by atoms with Gasteiger partial charge in [-0.3, -0.25) is 24.1 Å². The van der Waals surface area contributed by atoms with E-state index >= 15 is 0 Å². The average molecular weight is 408 g/mol. The standard InChI is InChI=1S/C20H22F2N2O5/c1-11(18(26)23-16-10-12(21)6-7-15(16)22)29-17(25)8-9-24-19(27)13-4-2-3-5-14(13)20(24)28/h6-7,10-11,13-14H,2-5,8-9H2,1H3,(H,23,26)/t11-,13-,14-/m0/s1. The molecule has 0 aromatic heterocycles. The third-order valence-corrected chi connectivity index (χ3v) is 5.34. The summed E-state index contributed by atoms with van der Waals surface area (Å²) in [5.74, 6) is -4.25. The molecule has 1 aliphatic carbocycles. The number of amides is 3. The number of rotatable bonds is 6. The fourth-order valence-electron chi connectivity index (χ4n) is 3.79. The van der Waals surface area contributed by atoms with E-state index in [2.05, 4.69) is 5.32 Å². The fourth-order valence-corrected chi connectivity index (χ4v) is 3.79. The number of fused-ring (bicyclic) bond motifs is 1. The molecule has 1 N–H and O–H groups in total. The normalized spacial score (nSPS) is 22.2. The first-order valence-electron chi connectivity index (χ1n) is 9.58. The lowest BCUT2D eigenvalue weighted by Gasteiger charge is -2.19. The Morgan fingerprint density at radius 1 is 1.17 bits per heavy atom. The van der Waals surface area contributed by atoms with Crippen LogP contribution in [0.5, 0.6) is 0 Å². The average Bonchev–Trinajstić information content (AvgIpc) is 2.93. The van der Waals surface area contributed by atoms with Crippen molar-refractivity contribution in [1.29, 1.82) is 0 Å². The van der Waals surface area contributed by atoms with Crippen LogP contribution in [0, 0.1) is 23.5 Å². The van der Waals surface area contributed by atoms with Crippen LogP contribution in [-0.2, 0) is 23.9 Å². The molecule has 1 aliphatic heterocycles. The van der Waals surface area contributed by atoms with E-state index in [0.717, 1.165) is 35.9 Å². The van der Waals surface area contributed by atoms with E-state index in [1.165, 1.54) is 6.92 Å². The number of halogens is 2. The number of hydrogen-bond acceptors (Lipinski definition) is 5. The van der Waals surface area contributed by atoms with Crippen molar-refractivity contribution in [2.45, 2.75) is 45.1 Å². The van der Waals surface area contributed by atoms with Gasteiger partial charge in [0.25, 0.3) is 5.91 Å². The summed E-state index contributed by atoms with van der Waals surface area (Å²) in [6, 6.07) is 2.58. The maximum Gasteiger partial charge on any atom is 0.308 e. The van der Waals surface area contributed by atoms with Gasteiger partial charge >= 0.3 is 5.97 Å². The molecule has 0 unspecified atom stereocenters. The summed E-state index contributed by atoms with van der Waals surface area (Å²) in [6.07, 6.45) is 1.68. The van der Waals surface area contributed by atoms with Gasteiger partial charge in [-0.15, -0.1) is 0 Å². The molecule has 1 saturated carbocycles. The maximum absolute atomic E-state index is 13.6. The second-order valence-corrected chi connectivity index (χ2v) is 7.32. The van der Waals surface area contributed by atoms with Crippen LogP contribution in [0.15, 0.2) is 18.2 Å². The Bertz CT molecular complexity index is 820. The van der Waals surface area contributed by atoms with Gasteiger partial charge < -0.3 is 10.1 Å². The zero-order valence-corrected chi connectivity index (χ0v) is 16.0. The van der Waals surface area contributed by atoms with Gasteiger partial charge in [0.1, 0.15) is 11.6 Å². The molecule has 0 spiro atoms. The topological polar surface area (TPSA) is 92.8 Å². The molecule has 7 nitrogen and oxygen atoms in total. The molecule has 3 rings (SSSR count). The van der Waals surface area contributed by atoms with E-state index in [0.29, 0.717) is 12.8 Å². The van der Waals surface area contributed by atoms with Crippen molar-refractivity contribution in [3.8, 4) is 0 Å². The lowest BCUT2D eigenvalue weighted by atomic mass is 9.81. The highest BCUT2D eigenvalue weighted by Crippen LogP contribution is 2.37. The Balaban J connectivity index is 1.50. The van der Waals surface area contributed by atoms with Crippen LogP contribution in [0.2, 0.25) is 0 Å². The molecule has 156 valence electrons. The Labute approximate surface area is 166 Å². The van der Waals surface area contributed by atoms with Gasteiger partial charge in [0.05, 0.1) is 23.9 Å². The number of nitrogens with zero attached hydrogens (tertiary/aromatic N) is 1. The van der Waals surface area contributed by atoms with Gasteiger partial charge in [0.2, 0.25) is 11.8 Å². The van der Waals surface area contributed by atoms with Crippen molar-refractivity contribution in [2.75, 3.05) is 11.9 Å². The number of esters is 1. The first kappa shape index (κ1) is 20.9. The highest BCUT2D eigenvalue weighted by atomic mass is 19.1. The monoisotopic (exact) mass is 408 g/mol. The quantitative estimate of drug-likeness (QED) is 0.576. The number of anilines is 1. The smallest absolute Gasteiger partial charge is 0.308 e. The van der Waals surface area contributed by atoms with E-state index in [1.54, 1.807) is 0 Å². The molecule has 0 bridgehead atoms. The van der Waals surface area contributed by atoms with E-state index < -0.39 is 29.6 Å². The molecule has 29 heavy (non-hydrogen) atoms. The van der Waals surface area contributed by atoms with Crippen molar-refractivity contribution in [3.63, 3.8) is 0 Å².